The molecule has 17 heavy (non-hydrogen) atoms. The van der Waals surface area contributed by atoms with Crippen molar-refractivity contribution in [3.05, 3.63) is 22.4 Å². The second-order valence-corrected chi connectivity index (χ2v) is 5.01. The Kier molecular flexibility index (Phi) is 3.44. The fourth-order valence-corrected chi connectivity index (χ4v) is 2.60. The van der Waals surface area contributed by atoms with Gasteiger partial charge >= 0.3 is 0 Å². The molecule has 0 saturated carbocycles. The number of rotatable bonds is 2. The first-order chi connectivity index (χ1) is 8.08. The Balaban J connectivity index is 2.01. The lowest BCUT2D eigenvalue weighted by atomic mass is 10.2. The zero-order valence-corrected chi connectivity index (χ0v) is 10.2. The predicted molar refractivity (Wildman–Crippen MR) is 63.8 cm³/mol. The number of hydrogen-bond donors (Lipinski definition) is 2. The van der Waals surface area contributed by atoms with Crippen molar-refractivity contribution in [3.8, 4) is 0 Å². The van der Waals surface area contributed by atoms with Gasteiger partial charge in [0.05, 0.1) is 17.0 Å². The number of amides is 2. The smallest absolute Gasteiger partial charge is 0.264 e. The van der Waals surface area contributed by atoms with Gasteiger partial charge < -0.3 is 15.3 Å². The van der Waals surface area contributed by atoms with E-state index in [1.807, 2.05) is 11.4 Å². The van der Waals surface area contributed by atoms with E-state index in [1.54, 1.807) is 11.0 Å². The van der Waals surface area contributed by atoms with Crippen LogP contribution >= 0.6 is 11.3 Å². The monoisotopic (exact) mass is 254 g/mol. The van der Waals surface area contributed by atoms with E-state index in [2.05, 4.69) is 5.32 Å². The molecule has 2 heterocycles. The second kappa shape index (κ2) is 4.85. The van der Waals surface area contributed by atoms with Gasteiger partial charge in [0.2, 0.25) is 5.91 Å². The van der Waals surface area contributed by atoms with Gasteiger partial charge in [-0.2, -0.15) is 0 Å². The molecule has 1 fully saturated rings. The van der Waals surface area contributed by atoms with Crippen molar-refractivity contribution in [3.63, 3.8) is 0 Å². The van der Waals surface area contributed by atoms with Crippen molar-refractivity contribution in [1.29, 1.82) is 0 Å². The lowest BCUT2D eigenvalue weighted by molar-refractivity contribution is -0.120. The second-order valence-electron chi connectivity index (χ2n) is 4.06. The van der Waals surface area contributed by atoms with Crippen molar-refractivity contribution in [2.45, 2.75) is 19.1 Å². The van der Waals surface area contributed by atoms with Crippen LogP contribution in [0.15, 0.2) is 17.5 Å². The Hall–Kier alpha value is -1.40. The molecule has 1 aliphatic heterocycles. The summed E-state index contributed by atoms with van der Waals surface area (Å²) in [5.74, 6) is -0.286. The SMILES string of the molecule is CC(=O)N[C@@H]1CN(C(=O)c2cccs2)C[C@H]1O. The molecule has 6 heteroatoms. The van der Waals surface area contributed by atoms with Gasteiger partial charge in [-0.3, -0.25) is 9.59 Å². The van der Waals surface area contributed by atoms with Gasteiger partial charge in [0.1, 0.15) is 0 Å². The summed E-state index contributed by atoms with van der Waals surface area (Å²) in [5.41, 5.74) is 0. The Bertz CT molecular complexity index is 418. The van der Waals surface area contributed by atoms with Crippen molar-refractivity contribution in [2.24, 2.45) is 0 Å². The molecular formula is C11H14N2O3S. The maximum Gasteiger partial charge on any atom is 0.264 e. The van der Waals surface area contributed by atoms with Gasteiger partial charge in [-0.25, -0.2) is 0 Å². The number of likely N-dealkylation sites (tertiary alicyclic amines) is 1. The molecule has 1 aliphatic rings. The highest BCUT2D eigenvalue weighted by Gasteiger charge is 2.34. The summed E-state index contributed by atoms with van der Waals surface area (Å²) >= 11 is 1.37. The minimum Gasteiger partial charge on any atom is -0.389 e. The topological polar surface area (TPSA) is 69.6 Å². The molecule has 1 aromatic rings. The van der Waals surface area contributed by atoms with E-state index in [9.17, 15) is 14.7 Å². The van der Waals surface area contributed by atoms with Gasteiger partial charge in [-0.1, -0.05) is 6.07 Å². The molecule has 2 atom stereocenters. The number of aliphatic hydroxyl groups is 1. The largest absolute Gasteiger partial charge is 0.389 e. The van der Waals surface area contributed by atoms with E-state index in [4.69, 9.17) is 0 Å². The van der Waals surface area contributed by atoms with E-state index in [0.717, 1.165) is 0 Å². The molecule has 2 rings (SSSR count). The quantitative estimate of drug-likeness (QED) is 0.784. The number of β-amino-alcohol motifs (C(OH)–C–C–N with tert-alkyl or cyclic N) is 1. The van der Waals surface area contributed by atoms with E-state index in [-0.39, 0.29) is 24.4 Å². The number of carbonyl (C=O) groups is 2. The Morgan fingerprint density at radius 3 is 2.88 bits per heavy atom. The summed E-state index contributed by atoms with van der Waals surface area (Å²) in [6, 6.07) is 3.21. The highest BCUT2D eigenvalue weighted by molar-refractivity contribution is 7.12. The Morgan fingerprint density at radius 1 is 1.53 bits per heavy atom. The third kappa shape index (κ3) is 2.65. The molecule has 0 aliphatic carbocycles. The zero-order valence-electron chi connectivity index (χ0n) is 9.42. The summed E-state index contributed by atoms with van der Waals surface area (Å²) in [6.45, 7) is 2.02. The van der Waals surface area contributed by atoms with Gasteiger partial charge in [0.25, 0.3) is 5.91 Å². The lowest BCUT2D eigenvalue weighted by Crippen LogP contribution is -2.41. The molecule has 0 radical (unpaired) electrons. The van der Waals surface area contributed by atoms with Crippen molar-refractivity contribution < 1.29 is 14.7 Å². The summed E-state index contributed by atoms with van der Waals surface area (Å²) in [6.07, 6.45) is -0.692. The van der Waals surface area contributed by atoms with Crippen molar-refractivity contribution in [1.82, 2.24) is 10.2 Å². The molecule has 2 amide bonds. The molecule has 0 bridgehead atoms. The normalized spacial score (nSPS) is 23.8. The van der Waals surface area contributed by atoms with Gasteiger partial charge in [-0.15, -0.1) is 11.3 Å². The molecule has 92 valence electrons. The van der Waals surface area contributed by atoms with Crippen molar-refractivity contribution >= 4 is 23.2 Å². The summed E-state index contributed by atoms with van der Waals surface area (Å²) < 4.78 is 0. The molecular weight excluding hydrogens is 240 g/mol. The summed E-state index contributed by atoms with van der Waals surface area (Å²) in [7, 11) is 0. The fraction of sp³-hybridized carbons (Fsp3) is 0.455. The summed E-state index contributed by atoms with van der Waals surface area (Å²) in [5, 5.41) is 14.2. The maximum atomic E-state index is 12.0. The van der Waals surface area contributed by atoms with Crippen LogP contribution in [0.5, 0.6) is 0 Å². The molecule has 1 aromatic heterocycles. The number of hydrogen-bond acceptors (Lipinski definition) is 4. The van der Waals surface area contributed by atoms with Crippen LogP contribution in [0.3, 0.4) is 0 Å². The van der Waals surface area contributed by atoms with E-state index in [0.29, 0.717) is 11.4 Å². The Labute approximate surface area is 103 Å². The minimum absolute atomic E-state index is 0.0908. The first-order valence-corrected chi connectivity index (χ1v) is 6.24. The number of carbonyl (C=O) groups excluding carboxylic acids is 2. The van der Waals surface area contributed by atoms with Crippen molar-refractivity contribution in [2.75, 3.05) is 13.1 Å². The molecule has 0 unspecified atom stereocenters. The third-order valence-electron chi connectivity index (χ3n) is 2.70. The highest BCUT2D eigenvalue weighted by Crippen LogP contribution is 2.17. The third-order valence-corrected chi connectivity index (χ3v) is 3.55. The van der Waals surface area contributed by atoms with Crippen LogP contribution in [-0.4, -0.2) is 47.1 Å². The molecule has 1 saturated heterocycles. The Morgan fingerprint density at radius 2 is 2.29 bits per heavy atom. The zero-order chi connectivity index (χ0) is 12.4. The molecule has 5 nitrogen and oxygen atoms in total. The van der Waals surface area contributed by atoms with Gasteiger partial charge in [-0.05, 0) is 11.4 Å². The predicted octanol–water partition coefficient (Wildman–Crippen LogP) is 0.0695. The van der Waals surface area contributed by atoms with E-state index in [1.165, 1.54) is 18.3 Å². The van der Waals surface area contributed by atoms with Crippen LogP contribution < -0.4 is 5.32 Å². The summed E-state index contributed by atoms with van der Waals surface area (Å²) in [4.78, 5) is 25.1. The average molecular weight is 254 g/mol. The van der Waals surface area contributed by atoms with E-state index >= 15 is 0 Å². The lowest BCUT2D eigenvalue weighted by Gasteiger charge is -2.15. The van der Waals surface area contributed by atoms with Crippen LogP contribution in [0.25, 0.3) is 0 Å². The fourth-order valence-electron chi connectivity index (χ4n) is 1.91. The van der Waals surface area contributed by atoms with Gasteiger partial charge in [0.15, 0.2) is 0 Å². The number of aliphatic hydroxyl groups excluding tert-OH is 1. The van der Waals surface area contributed by atoms with Crippen LogP contribution in [0, 0.1) is 0 Å². The highest BCUT2D eigenvalue weighted by atomic mass is 32.1. The number of nitrogens with one attached hydrogen (secondary N) is 1. The first kappa shape index (κ1) is 12.1. The molecule has 0 spiro atoms. The first-order valence-electron chi connectivity index (χ1n) is 5.36. The number of thiophene rings is 1. The van der Waals surface area contributed by atoms with Gasteiger partial charge in [0, 0.05) is 20.0 Å². The van der Waals surface area contributed by atoms with Crippen LogP contribution in [0.4, 0.5) is 0 Å². The van der Waals surface area contributed by atoms with E-state index < -0.39 is 6.10 Å². The maximum absolute atomic E-state index is 12.0. The average Bonchev–Trinajstić information content (AvgIpc) is 2.87. The molecule has 0 aromatic carbocycles. The van der Waals surface area contributed by atoms with Crippen LogP contribution in [-0.2, 0) is 4.79 Å². The number of nitrogens with zero attached hydrogens (tertiary/aromatic N) is 1. The van der Waals surface area contributed by atoms with Crippen LogP contribution in [0.2, 0.25) is 0 Å². The minimum atomic E-state index is -0.692. The molecule has 2 N–H and O–H groups in total. The standard InChI is InChI=1S/C11H14N2O3S/c1-7(14)12-8-5-13(6-9(8)15)11(16)10-3-2-4-17-10/h2-4,8-9,15H,5-6H2,1H3,(H,12,14)/t8-,9-/m1/s1. The van der Waals surface area contributed by atoms with Crippen LogP contribution in [0.1, 0.15) is 16.6 Å².